The number of rotatable bonds is 3. The molecule has 3 rings (SSSR count). The van der Waals surface area contributed by atoms with E-state index in [1.807, 2.05) is 18.8 Å². The number of carbonyl (C=O) groups is 1. The van der Waals surface area contributed by atoms with Crippen LogP contribution in [0.5, 0.6) is 0 Å². The van der Waals surface area contributed by atoms with Crippen molar-refractivity contribution in [2.75, 3.05) is 18.5 Å². The summed E-state index contributed by atoms with van der Waals surface area (Å²) < 4.78 is 2.11. The Morgan fingerprint density at radius 2 is 2.33 bits per heavy atom. The first-order valence-electron chi connectivity index (χ1n) is 6.94. The standard InChI is InChI=1S/C14H19N5OS/c1-10(20)18(3)14-16-11(8-21-14)6-19-5-4-13-12(7-19)15-9-17(13)2/h8-9H,4-7H2,1-3H3. The summed E-state index contributed by atoms with van der Waals surface area (Å²) in [6, 6.07) is 0. The van der Waals surface area contributed by atoms with E-state index in [1.54, 1.807) is 18.9 Å². The first-order valence-corrected chi connectivity index (χ1v) is 7.82. The van der Waals surface area contributed by atoms with Crippen molar-refractivity contribution >= 4 is 22.4 Å². The lowest BCUT2D eigenvalue weighted by atomic mass is 10.1. The highest BCUT2D eigenvalue weighted by molar-refractivity contribution is 7.14. The molecule has 1 amide bonds. The second kappa shape index (κ2) is 5.57. The Balaban J connectivity index is 1.67. The van der Waals surface area contributed by atoms with E-state index < -0.39 is 0 Å². The molecule has 0 N–H and O–H groups in total. The Kier molecular flexibility index (Phi) is 3.77. The van der Waals surface area contributed by atoms with Crippen molar-refractivity contribution in [3.63, 3.8) is 0 Å². The molecule has 112 valence electrons. The zero-order valence-corrected chi connectivity index (χ0v) is 13.4. The molecule has 2 aromatic rings. The maximum atomic E-state index is 11.4. The molecule has 1 aliphatic rings. The van der Waals surface area contributed by atoms with Crippen LogP contribution in [-0.2, 0) is 31.4 Å². The van der Waals surface area contributed by atoms with Crippen molar-refractivity contribution in [3.05, 3.63) is 28.8 Å². The van der Waals surface area contributed by atoms with Gasteiger partial charge >= 0.3 is 0 Å². The zero-order valence-electron chi connectivity index (χ0n) is 12.5. The molecule has 1 aliphatic heterocycles. The largest absolute Gasteiger partial charge is 0.337 e. The summed E-state index contributed by atoms with van der Waals surface area (Å²) in [7, 11) is 3.80. The van der Waals surface area contributed by atoms with Crippen LogP contribution < -0.4 is 4.90 Å². The number of carbonyl (C=O) groups excluding carboxylic acids is 1. The number of hydrogen-bond donors (Lipinski definition) is 0. The average molecular weight is 305 g/mol. The molecule has 0 aliphatic carbocycles. The lowest BCUT2D eigenvalue weighted by Gasteiger charge is -2.25. The van der Waals surface area contributed by atoms with Gasteiger partial charge in [-0.3, -0.25) is 14.6 Å². The number of anilines is 1. The van der Waals surface area contributed by atoms with Gasteiger partial charge in [0.25, 0.3) is 0 Å². The predicted molar refractivity (Wildman–Crippen MR) is 82.2 cm³/mol. The lowest BCUT2D eigenvalue weighted by molar-refractivity contribution is -0.116. The average Bonchev–Trinajstić information content (AvgIpc) is 3.05. The van der Waals surface area contributed by atoms with Crippen LogP contribution in [0.2, 0.25) is 0 Å². The monoisotopic (exact) mass is 305 g/mol. The van der Waals surface area contributed by atoms with Gasteiger partial charge in [-0.25, -0.2) is 9.97 Å². The summed E-state index contributed by atoms with van der Waals surface area (Å²) in [5.41, 5.74) is 3.52. The maximum absolute atomic E-state index is 11.4. The van der Waals surface area contributed by atoms with E-state index in [0.717, 1.165) is 36.9 Å². The molecule has 0 aromatic carbocycles. The van der Waals surface area contributed by atoms with Gasteiger partial charge in [0, 0.05) is 58.1 Å². The highest BCUT2D eigenvalue weighted by Gasteiger charge is 2.21. The number of fused-ring (bicyclic) bond motifs is 1. The van der Waals surface area contributed by atoms with Gasteiger partial charge in [-0.1, -0.05) is 0 Å². The fourth-order valence-electron chi connectivity index (χ4n) is 2.53. The van der Waals surface area contributed by atoms with Crippen LogP contribution in [0.3, 0.4) is 0 Å². The summed E-state index contributed by atoms with van der Waals surface area (Å²) in [5.74, 6) is 0.00648. The number of nitrogens with zero attached hydrogens (tertiary/aromatic N) is 5. The predicted octanol–water partition coefficient (Wildman–Crippen LogP) is 1.42. The molecule has 7 heteroatoms. The fraction of sp³-hybridized carbons (Fsp3) is 0.500. The highest BCUT2D eigenvalue weighted by Crippen LogP contribution is 2.23. The fourth-order valence-corrected chi connectivity index (χ4v) is 3.36. The van der Waals surface area contributed by atoms with Gasteiger partial charge in [0.05, 0.1) is 17.7 Å². The van der Waals surface area contributed by atoms with Gasteiger partial charge in [-0.05, 0) is 0 Å². The zero-order chi connectivity index (χ0) is 15.0. The van der Waals surface area contributed by atoms with Crippen LogP contribution in [0.15, 0.2) is 11.7 Å². The first-order chi connectivity index (χ1) is 10.0. The smallest absolute Gasteiger partial charge is 0.225 e. The van der Waals surface area contributed by atoms with Gasteiger partial charge in [0.2, 0.25) is 5.91 Å². The second-order valence-corrected chi connectivity index (χ2v) is 6.25. The molecule has 0 saturated carbocycles. The number of hydrogen-bond acceptors (Lipinski definition) is 5. The Morgan fingerprint density at radius 1 is 1.52 bits per heavy atom. The molecular weight excluding hydrogens is 286 g/mol. The molecule has 0 unspecified atom stereocenters. The number of aromatic nitrogens is 3. The van der Waals surface area contributed by atoms with Gasteiger partial charge in [0.1, 0.15) is 0 Å². The Labute approximate surface area is 128 Å². The third kappa shape index (κ3) is 2.84. The van der Waals surface area contributed by atoms with E-state index >= 15 is 0 Å². The number of amides is 1. The van der Waals surface area contributed by atoms with Crippen LogP contribution in [0, 0.1) is 0 Å². The van der Waals surface area contributed by atoms with Gasteiger partial charge in [0.15, 0.2) is 5.13 Å². The van der Waals surface area contributed by atoms with Crippen molar-refractivity contribution in [1.29, 1.82) is 0 Å². The molecule has 0 atom stereocenters. The van der Waals surface area contributed by atoms with Crippen LogP contribution in [0.25, 0.3) is 0 Å². The molecule has 0 bridgehead atoms. The van der Waals surface area contributed by atoms with E-state index in [1.165, 1.54) is 22.7 Å². The van der Waals surface area contributed by atoms with Crippen molar-refractivity contribution in [1.82, 2.24) is 19.4 Å². The molecule has 0 radical (unpaired) electrons. The van der Waals surface area contributed by atoms with E-state index in [2.05, 4.69) is 19.4 Å². The Morgan fingerprint density at radius 3 is 3.10 bits per heavy atom. The Bertz CT molecular complexity index is 662. The molecular formula is C14H19N5OS. The molecule has 0 spiro atoms. The Hall–Kier alpha value is -1.73. The van der Waals surface area contributed by atoms with E-state index in [9.17, 15) is 4.79 Å². The summed E-state index contributed by atoms with van der Waals surface area (Å²) in [5, 5.41) is 2.79. The van der Waals surface area contributed by atoms with Gasteiger partial charge in [-0.2, -0.15) is 0 Å². The number of aryl methyl sites for hydroxylation is 1. The molecule has 0 fully saturated rings. The minimum absolute atomic E-state index is 0.00648. The van der Waals surface area contributed by atoms with Crippen LogP contribution in [0.1, 0.15) is 24.0 Å². The molecule has 2 aromatic heterocycles. The third-order valence-corrected chi connectivity index (χ3v) is 4.83. The third-order valence-electron chi connectivity index (χ3n) is 3.87. The normalized spacial score (nSPS) is 15.0. The maximum Gasteiger partial charge on any atom is 0.225 e. The van der Waals surface area contributed by atoms with E-state index in [-0.39, 0.29) is 5.91 Å². The number of thiazole rings is 1. The lowest BCUT2D eigenvalue weighted by Crippen LogP contribution is -2.31. The summed E-state index contributed by atoms with van der Waals surface area (Å²) in [4.78, 5) is 24.3. The van der Waals surface area contributed by atoms with Crippen molar-refractivity contribution in [2.45, 2.75) is 26.4 Å². The molecule has 3 heterocycles. The molecule has 6 nitrogen and oxygen atoms in total. The van der Waals surface area contributed by atoms with Crippen molar-refractivity contribution in [3.8, 4) is 0 Å². The minimum atomic E-state index is 0.00648. The second-order valence-electron chi connectivity index (χ2n) is 5.41. The summed E-state index contributed by atoms with van der Waals surface area (Å²) in [6.07, 6.45) is 2.91. The minimum Gasteiger partial charge on any atom is -0.337 e. The number of imidazole rings is 1. The van der Waals surface area contributed by atoms with Crippen molar-refractivity contribution in [2.24, 2.45) is 7.05 Å². The summed E-state index contributed by atoms with van der Waals surface area (Å²) in [6.45, 7) is 4.24. The SMILES string of the molecule is CC(=O)N(C)c1nc(CN2CCc3c(ncn3C)C2)cs1. The van der Waals surface area contributed by atoms with Gasteiger partial charge in [-0.15, -0.1) is 11.3 Å². The molecule has 21 heavy (non-hydrogen) atoms. The first kappa shape index (κ1) is 14.2. The van der Waals surface area contributed by atoms with Gasteiger partial charge < -0.3 is 4.57 Å². The van der Waals surface area contributed by atoms with Crippen LogP contribution in [0.4, 0.5) is 5.13 Å². The highest BCUT2D eigenvalue weighted by atomic mass is 32.1. The summed E-state index contributed by atoms with van der Waals surface area (Å²) >= 11 is 1.51. The topological polar surface area (TPSA) is 54.3 Å². The van der Waals surface area contributed by atoms with E-state index in [4.69, 9.17) is 0 Å². The van der Waals surface area contributed by atoms with E-state index in [0.29, 0.717) is 0 Å². The van der Waals surface area contributed by atoms with Crippen molar-refractivity contribution < 1.29 is 4.79 Å². The van der Waals surface area contributed by atoms with Crippen LogP contribution in [-0.4, -0.2) is 38.9 Å². The van der Waals surface area contributed by atoms with Crippen LogP contribution >= 0.6 is 11.3 Å². The quantitative estimate of drug-likeness (QED) is 0.860. The molecule has 0 saturated heterocycles.